The molecule has 0 N–H and O–H groups in total. The van der Waals surface area contributed by atoms with E-state index in [9.17, 15) is 13.2 Å². The van der Waals surface area contributed by atoms with Crippen LogP contribution in [0.2, 0.25) is 0 Å². The van der Waals surface area contributed by atoms with Crippen LogP contribution in [0.5, 0.6) is 0 Å². The molecule has 1 nitrogen and oxygen atoms in total. The molecule has 1 aliphatic carbocycles. The van der Waals surface area contributed by atoms with Gasteiger partial charge in [0, 0.05) is 0 Å². The zero-order valence-corrected chi connectivity index (χ0v) is 10.3. The molecule has 1 fully saturated rings. The first-order chi connectivity index (χ1) is 7.92. The fourth-order valence-electron chi connectivity index (χ4n) is 2.24. The van der Waals surface area contributed by atoms with Crippen LogP contribution in [-0.4, -0.2) is 12.5 Å². The minimum Gasteiger partial charge on any atom is -0.289 e. The molecule has 2 atom stereocenters. The highest BCUT2D eigenvalue weighted by molar-refractivity contribution is 5.13. The molecule has 2 unspecified atom stereocenters. The van der Waals surface area contributed by atoms with Crippen molar-refractivity contribution in [3.8, 4) is 0 Å². The molecular formula is C13H19F3O. The summed E-state index contributed by atoms with van der Waals surface area (Å²) >= 11 is 0. The molecule has 0 spiro atoms. The highest BCUT2D eigenvalue weighted by Crippen LogP contribution is 2.34. The van der Waals surface area contributed by atoms with E-state index in [1.54, 1.807) is 0 Å². The van der Waals surface area contributed by atoms with Crippen molar-refractivity contribution < 1.29 is 17.9 Å². The molecule has 0 aromatic heterocycles. The standard InChI is InChI=1S/C13H19F3O/c1-3-4-6-10(2)11-7-5-8-12(9-11)17-13(14,15)16/h3-4,6,11-12H,5,7-9H2,1-2H3/b4-3-,10-6+. The third kappa shape index (κ3) is 5.39. The minimum atomic E-state index is -4.51. The highest BCUT2D eigenvalue weighted by Gasteiger charge is 2.35. The van der Waals surface area contributed by atoms with Gasteiger partial charge in [0.05, 0.1) is 6.10 Å². The van der Waals surface area contributed by atoms with Crippen molar-refractivity contribution in [1.82, 2.24) is 0 Å². The van der Waals surface area contributed by atoms with Crippen LogP contribution in [0.25, 0.3) is 0 Å². The van der Waals surface area contributed by atoms with Crippen LogP contribution < -0.4 is 0 Å². The molecule has 0 aromatic carbocycles. The third-order valence-corrected chi connectivity index (χ3v) is 3.12. The number of rotatable bonds is 3. The van der Waals surface area contributed by atoms with Crippen molar-refractivity contribution in [3.63, 3.8) is 0 Å². The van der Waals surface area contributed by atoms with Gasteiger partial charge in [-0.15, -0.1) is 13.2 Å². The lowest BCUT2D eigenvalue weighted by molar-refractivity contribution is -0.346. The molecule has 0 bridgehead atoms. The van der Waals surface area contributed by atoms with Gasteiger partial charge >= 0.3 is 6.36 Å². The van der Waals surface area contributed by atoms with Crippen LogP contribution in [-0.2, 0) is 4.74 Å². The fourth-order valence-corrected chi connectivity index (χ4v) is 2.24. The van der Waals surface area contributed by atoms with Gasteiger partial charge in [0.25, 0.3) is 0 Å². The smallest absolute Gasteiger partial charge is 0.289 e. The molecule has 17 heavy (non-hydrogen) atoms. The zero-order valence-electron chi connectivity index (χ0n) is 10.3. The fraction of sp³-hybridized carbons (Fsp3) is 0.692. The molecule has 1 saturated carbocycles. The van der Waals surface area contributed by atoms with Gasteiger partial charge in [-0.05, 0) is 39.0 Å². The van der Waals surface area contributed by atoms with Gasteiger partial charge in [-0.2, -0.15) is 0 Å². The zero-order chi connectivity index (χ0) is 12.9. The summed E-state index contributed by atoms with van der Waals surface area (Å²) in [6.45, 7) is 3.89. The molecule has 1 rings (SSSR count). The van der Waals surface area contributed by atoms with Gasteiger partial charge in [-0.1, -0.05) is 30.2 Å². The van der Waals surface area contributed by atoms with Crippen LogP contribution in [0.15, 0.2) is 23.8 Å². The number of allylic oxidation sites excluding steroid dienone is 4. The Morgan fingerprint density at radius 2 is 2.00 bits per heavy atom. The minimum absolute atomic E-state index is 0.215. The summed E-state index contributed by atoms with van der Waals surface area (Å²) in [5, 5.41) is 0. The van der Waals surface area contributed by atoms with Gasteiger partial charge in [0.15, 0.2) is 0 Å². The first-order valence-corrected chi connectivity index (χ1v) is 5.96. The highest BCUT2D eigenvalue weighted by atomic mass is 19.4. The third-order valence-electron chi connectivity index (χ3n) is 3.12. The summed E-state index contributed by atoms with van der Waals surface area (Å²) in [6, 6.07) is 0. The maximum absolute atomic E-state index is 12.1. The van der Waals surface area contributed by atoms with E-state index in [0.717, 1.165) is 18.4 Å². The van der Waals surface area contributed by atoms with Crippen molar-refractivity contribution in [2.45, 2.75) is 52.0 Å². The van der Waals surface area contributed by atoms with E-state index >= 15 is 0 Å². The monoisotopic (exact) mass is 248 g/mol. The SMILES string of the molecule is C/C=C\C=C(/C)C1CCCC(OC(F)(F)F)C1. The van der Waals surface area contributed by atoms with E-state index < -0.39 is 12.5 Å². The topological polar surface area (TPSA) is 9.23 Å². The average molecular weight is 248 g/mol. The van der Waals surface area contributed by atoms with E-state index in [0.29, 0.717) is 12.8 Å². The number of hydrogen-bond acceptors (Lipinski definition) is 1. The van der Waals surface area contributed by atoms with Crippen LogP contribution in [0.4, 0.5) is 13.2 Å². The van der Waals surface area contributed by atoms with E-state index in [2.05, 4.69) is 4.74 Å². The number of alkyl halides is 3. The normalized spacial score (nSPS) is 27.7. The summed E-state index contributed by atoms with van der Waals surface area (Å²) in [5.41, 5.74) is 1.14. The first kappa shape index (κ1) is 14.3. The summed E-state index contributed by atoms with van der Waals surface area (Å²) in [6.07, 6.45) is 3.35. The molecule has 0 aliphatic heterocycles. The van der Waals surface area contributed by atoms with Crippen molar-refractivity contribution >= 4 is 0 Å². The Labute approximate surface area is 100 Å². The molecule has 4 heteroatoms. The Hall–Kier alpha value is -0.770. The van der Waals surface area contributed by atoms with Gasteiger partial charge in [-0.25, -0.2) is 0 Å². The van der Waals surface area contributed by atoms with Crippen LogP contribution in [0, 0.1) is 5.92 Å². The van der Waals surface area contributed by atoms with Crippen molar-refractivity contribution in [2.75, 3.05) is 0 Å². The van der Waals surface area contributed by atoms with Crippen molar-refractivity contribution in [1.29, 1.82) is 0 Å². The van der Waals surface area contributed by atoms with E-state index in [4.69, 9.17) is 0 Å². The van der Waals surface area contributed by atoms with Gasteiger partial charge in [-0.3, -0.25) is 4.74 Å². The molecule has 0 amide bonds. The lowest BCUT2D eigenvalue weighted by Crippen LogP contribution is -2.29. The van der Waals surface area contributed by atoms with Crippen LogP contribution in [0.1, 0.15) is 39.5 Å². The molecule has 98 valence electrons. The summed E-state index contributed by atoms with van der Waals surface area (Å²) in [7, 11) is 0. The Morgan fingerprint density at radius 1 is 1.29 bits per heavy atom. The maximum atomic E-state index is 12.1. The van der Waals surface area contributed by atoms with Gasteiger partial charge in [0.2, 0.25) is 0 Å². The lowest BCUT2D eigenvalue weighted by atomic mass is 9.82. The molecule has 0 radical (unpaired) electrons. The predicted octanol–water partition coefficient (Wildman–Crippen LogP) is 4.60. The number of halogens is 3. The van der Waals surface area contributed by atoms with Crippen LogP contribution >= 0.6 is 0 Å². The van der Waals surface area contributed by atoms with Gasteiger partial charge < -0.3 is 0 Å². The van der Waals surface area contributed by atoms with E-state index in [1.165, 1.54) is 0 Å². The summed E-state index contributed by atoms with van der Waals surface area (Å²) < 4.78 is 40.5. The quantitative estimate of drug-likeness (QED) is 0.663. The molecule has 1 aliphatic rings. The number of ether oxygens (including phenoxy) is 1. The molecular weight excluding hydrogens is 229 g/mol. The predicted molar refractivity (Wildman–Crippen MR) is 61.5 cm³/mol. The maximum Gasteiger partial charge on any atom is 0.522 e. The summed E-state index contributed by atoms with van der Waals surface area (Å²) in [4.78, 5) is 0. The molecule has 0 saturated heterocycles. The Morgan fingerprint density at radius 3 is 2.59 bits per heavy atom. The lowest BCUT2D eigenvalue weighted by Gasteiger charge is -2.30. The van der Waals surface area contributed by atoms with Crippen molar-refractivity contribution in [2.24, 2.45) is 5.92 Å². The largest absolute Gasteiger partial charge is 0.522 e. The van der Waals surface area contributed by atoms with E-state index in [-0.39, 0.29) is 5.92 Å². The van der Waals surface area contributed by atoms with Crippen molar-refractivity contribution in [3.05, 3.63) is 23.8 Å². The molecule has 0 aromatic rings. The van der Waals surface area contributed by atoms with Crippen LogP contribution in [0.3, 0.4) is 0 Å². The second-order valence-corrected chi connectivity index (χ2v) is 4.49. The average Bonchev–Trinajstić information content (AvgIpc) is 2.24. The second kappa shape index (κ2) is 6.24. The Bertz CT molecular complexity index is 292. The molecule has 0 heterocycles. The Balaban J connectivity index is 2.54. The first-order valence-electron chi connectivity index (χ1n) is 5.96. The summed E-state index contributed by atoms with van der Waals surface area (Å²) in [5.74, 6) is 0.215. The Kier molecular flexibility index (Phi) is 5.25. The second-order valence-electron chi connectivity index (χ2n) is 4.49. The van der Waals surface area contributed by atoms with Gasteiger partial charge in [0.1, 0.15) is 0 Å². The number of hydrogen-bond donors (Lipinski definition) is 0. The van der Waals surface area contributed by atoms with E-state index in [1.807, 2.05) is 32.1 Å².